The summed E-state index contributed by atoms with van der Waals surface area (Å²) in [7, 11) is -3.69. The molecule has 0 saturated heterocycles. The Hall–Kier alpha value is -1.41. The van der Waals surface area contributed by atoms with Crippen LogP contribution in [0.4, 0.5) is 0 Å². The van der Waals surface area contributed by atoms with E-state index in [-0.39, 0.29) is 22.1 Å². The van der Waals surface area contributed by atoms with Crippen molar-refractivity contribution < 1.29 is 14.7 Å². The summed E-state index contributed by atoms with van der Waals surface area (Å²) in [6, 6.07) is -1.65. The Bertz CT molecular complexity index is 477. The molecule has 0 bridgehead atoms. The van der Waals surface area contributed by atoms with E-state index in [0.717, 1.165) is 0 Å². The Morgan fingerprint density at radius 1 is 0.833 bits per heavy atom. The molecule has 10 nitrogen and oxygen atoms in total. The molecule has 12 heteroatoms. The number of nitro groups is 2. The van der Waals surface area contributed by atoms with Crippen LogP contribution >= 0.6 is 0 Å². The van der Waals surface area contributed by atoms with Gasteiger partial charge in [0.25, 0.3) is 12.6 Å². The van der Waals surface area contributed by atoms with Gasteiger partial charge in [0.15, 0.2) is 0 Å². The highest BCUT2D eigenvalue weighted by Gasteiger charge is 2.41. The molecule has 0 saturated carbocycles. The summed E-state index contributed by atoms with van der Waals surface area (Å²) in [6.45, 7) is 10.4. The van der Waals surface area contributed by atoms with E-state index in [0.29, 0.717) is 0 Å². The Morgan fingerprint density at radius 3 is 1.58 bits per heavy atom. The Balaban J connectivity index is 5.37. The van der Waals surface area contributed by atoms with Crippen LogP contribution in [-0.4, -0.2) is 61.2 Å². The summed E-state index contributed by atoms with van der Waals surface area (Å²) in [5.74, 6) is 0. The average molecular weight is 381 g/mol. The summed E-state index contributed by atoms with van der Waals surface area (Å²) in [4.78, 5) is 32.9. The second-order valence-electron chi connectivity index (χ2n) is 8.47. The van der Waals surface area contributed by atoms with Crippen LogP contribution in [0, 0.1) is 30.3 Å². The summed E-state index contributed by atoms with van der Waals surface area (Å²) < 4.78 is 0. The van der Waals surface area contributed by atoms with Crippen LogP contribution < -0.4 is 0 Å². The largest absolute Gasteiger partial charge is 0.704 e. The fourth-order valence-corrected chi connectivity index (χ4v) is 5.90. The van der Waals surface area contributed by atoms with Gasteiger partial charge in [-0.25, -0.2) is 0 Å². The van der Waals surface area contributed by atoms with Gasteiger partial charge < -0.3 is 5.21 Å². The van der Waals surface area contributed by atoms with E-state index in [4.69, 9.17) is 0 Å². The minimum atomic E-state index is -1.85. The highest BCUT2D eigenvalue weighted by atomic mass is 28.3. The molecular weight excluding hydrogens is 352 g/mol. The van der Waals surface area contributed by atoms with Gasteiger partial charge in [-0.15, -0.1) is 0 Å². The van der Waals surface area contributed by atoms with E-state index < -0.39 is 51.2 Å². The Morgan fingerprint density at radius 2 is 1.25 bits per heavy atom. The van der Waals surface area contributed by atoms with E-state index in [2.05, 4.69) is 0 Å². The molecule has 0 aliphatic carbocycles. The SMILES string of the molecule is C[Si](C)(C)CC(C[N+](=O)[O-])N([O-])[N+](=O)C(C[N+](=O)[O-])C[Si](C)(C)C. The van der Waals surface area contributed by atoms with Gasteiger partial charge in [0.1, 0.15) is 10.9 Å². The average Bonchev–Trinajstić information content (AvgIpc) is 2.30. The molecule has 0 N–H and O–H groups in total. The molecule has 2 atom stereocenters. The fraction of sp³-hybridized carbons (Fsp3) is 1.00. The highest BCUT2D eigenvalue weighted by molar-refractivity contribution is 6.76. The molecule has 24 heavy (non-hydrogen) atoms. The van der Waals surface area contributed by atoms with Gasteiger partial charge >= 0.3 is 0 Å². The van der Waals surface area contributed by atoms with E-state index in [1.807, 2.05) is 39.3 Å². The van der Waals surface area contributed by atoms with Crippen LogP contribution in [0.2, 0.25) is 51.4 Å². The van der Waals surface area contributed by atoms with Crippen molar-refractivity contribution in [2.45, 2.75) is 63.5 Å². The lowest BCUT2D eigenvalue weighted by Crippen LogP contribution is -2.51. The van der Waals surface area contributed by atoms with Gasteiger partial charge in [-0.1, -0.05) is 39.3 Å². The van der Waals surface area contributed by atoms with Crippen molar-refractivity contribution in [3.05, 3.63) is 30.3 Å². The minimum absolute atomic E-state index is 0.0648. The van der Waals surface area contributed by atoms with Crippen molar-refractivity contribution in [3.63, 3.8) is 0 Å². The molecule has 0 heterocycles. The zero-order chi connectivity index (χ0) is 19.3. The minimum Gasteiger partial charge on any atom is -0.704 e. The summed E-state index contributed by atoms with van der Waals surface area (Å²) in [5, 5.41) is 34.1. The monoisotopic (exact) mass is 380 g/mol. The topological polar surface area (TPSA) is 133 Å². The number of hydrazine groups is 1. The molecule has 0 amide bonds. The molecule has 0 aromatic carbocycles. The maximum Gasteiger partial charge on any atom is 0.294 e. The molecule has 0 rings (SSSR count). The quantitative estimate of drug-likeness (QED) is 0.232. The first-order valence-corrected chi connectivity index (χ1v) is 15.2. The van der Waals surface area contributed by atoms with Crippen LogP contribution in [0.1, 0.15) is 0 Å². The van der Waals surface area contributed by atoms with Crippen molar-refractivity contribution in [2.24, 2.45) is 0 Å². The number of rotatable bonds is 11. The van der Waals surface area contributed by atoms with Crippen LogP contribution in [0.15, 0.2) is 0 Å². The third-order valence-corrected chi connectivity index (χ3v) is 6.63. The lowest BCUT2D eigenvalue weighted by atomic mass is 10.3. The van der Waals surface area contributed by atoms with Gasteiger partial charge in [-0.2, -0.15) is 5.17 Å². The molecule has 140 valence electrons. The lowest BCUT2D eigenvalue weighted by Gasteiger charge is -2.32. The first-order valence-electron chi connectivity index (χ1n) is 7.78. The fourth-order valence-electron chi connectivity index (χ4n) is 2.50. The van der Waals surface area contributed by atoms with Gasteiger partial charge in [0, 0.05) is 24.0 Å². The van der Waals surface area contributed by atoms with Gasteiger partial charge in [0.2, 0.25) is 6.54 Å². The van der Waals surface area contributed by atoms with Crippen LogP contribution in [0.5, 0.6) is 0 Å². The van der Waals surface area contributed by atoms with Crippen LogP contribution in [-0.2, 0) is 0 Å². The number of hydroxylamine groups is 1. The molecule has 0 spiro atoms. The molecule has 0 aliphatic rings. The van der Waals surface area contributed by atoms with E-state index in [1.165, 1.54) is 0 Å². The maximum absolute atomic E-state index is 12.4. The molecular formula is C12H28N4O6Si2. The third kappa shape index (κ3) is 9.67. The highest BCUT2D eigenvalue weighted by Crippen LogP contribution is 2.20. The number of nitrogens with zero attached hydrogens (tertiary/aromatic N) is 4. The maximum atomic E-state index is 12.4. The standard InChI is InChI=1S/C12H28N4O6Si2/c1-23(2,3)9-11(7-13(17)18)15(21)16(22)12(8-14(19)20)10-24(4,5)6/h11-12H,7-10H2,1-6H3. The van der Waals surface area contributed by atoms with Crippen molar-refractivity contribution in [1.29, 1.82) is 0 Å². The predicted octanol–water partition coefficient (Wildman–Crippen LogP) is 2.45. The molecule has 2 unspecified atom stereocenters. The zero-order valence-corrected chi connectivity index (χ0v) is 17.2. The van der Waals surface area contributed by atoms with Crippen LogP contribution in [0.25, 0.3) is 0 Å². The smallest absolute Gasteiger partial charge is 0.294 e. The summed E-state index contributed by atoms with van der Waals surface area (Å²) in [5.41, 5.74) is 0. The predicted molar refractivity (Wildman–Crippen MR) is 96.4 cm³/mol. The zero-order valence-electron chi connectivity index (χ0n) is 15.2. The first kappa shape index (κ1) is 22.6. The molecule has 0 radical (unpaired) electrons. The lowest BCUT2D eigenvalue weighted by molar-refractivity contribution is -0.746. The molecule has 0 aromatic rings. The van der Waals surface area contributed by atoms with Crippen LogP contribution in [0.3, 0.4) is 0 Å². The summed E-state index contributed by atoms with van der Waals surface area (Å²) in [6.07, 6.45) is 0. The van der Waals surface area contributed by atoms with Crippen molar-refractivity contribution >= 4 is 16.1 Å². The van der Waals surface area contributed by atoms with E-state index in [9.17, 15) is 30.3 Å². The van der Waals surface area contributed by atoms with E-state index >= 15 is 0 Å². The second-order valence-corrected chi connectivity index (χ2v) is 19.5. The van der Waals surface area contributed by atoms with Gasteiger partial charge in [-0.3, -0.25) is 20.2 Å². The summed E-state index contributed by atoms with van der Waals surface area (Å²) >= 11 is 0. The molecule has 0 fully saturated rings. The van der Waals surface area contributed by atoms with Crippen molar-refractivity contribution in [1.82, 2.24) is 5.17 Å². The third-order valence-electron chi connectivity index (χ3n) is 3.23. The Kier molecular flexibility index (Phi) is 8.12. The van der Waals surface area contributed by atoms with E-state index in [1.54, 1.807) is 0 Å². The van der Waals surface area contributed by atoms with Crippen molar-refractivity contribution in [2.75, 3.05) is 13.1 Å². The number of hydrogen-bond donors (Lipinski definition) is 0. The number of nitroso groups, excluding NO2 is 1. The molecule has 0 aromatic heterocycles. The number of hydrogen-bond acceptors (Lipinski definition) is 6. The second kappa shape index (κ2) is 8.62. The first-order chi connectivity index (χ1) is 10.6. The normalized spacial score (nSPS) is 14.8. The molecule has 0 aliphatic heterocycles. The van der Waals surface area contributed by atoms with Crippen molar-refractivity contribution in [3.8, 4) is 0 Å². The van der Waals surface area contributed by atoms with Gasteiger partial charge in [-0.05, 0) is 6.04 Å². The Labute approximate surface area is 143 Å². The van der Waals surface area contributed by atoms with Gasteiger partial charge in [0.05, 0.1) is 13.0 Å².